The van der Waals surface area contributed by atoms with Crippen LogP contribution in [-0.4, -0.2) is 39.8 Å². The molecule has 0 spiro atoms. The third-order valence-corrected chi connectivity index (χ3v) is 2.92. The molecule has 2 atom stereocenters. The molecule has 0 saturated carbocycles. The van der Waals surface area contributed by atoms with E-state index >= 15 is 0 Å². The predicted molar refractivity (Wildman–Crippen MR) is 72.7 cm³/mol. The number of hydrogen-bond acceptors (Lipinski definition) is 6. The van der Waals surface area contributed by atoms with Crippen LogP contribution in [0.3, 0.4) is 0 Å². The lowest BCUT2D eigenvalue weighted by Crippen LogP contribution is -2.33. The smallest absolute Gasteiger partial charge is 0.322 e. The Morgan fingerprint density at radius 1 is 1.37 bits per heavy atom. The normalized spacial score (nSPS) is 23.4. The van der Waals surface area contributed by atoms with E-state index in [4.69, 9.17) is 21.1 Å². The number of halogens is 1. The molecule has 2 heterocycles. The third-order valence-electron chi connectivity index (χ3n) is 2.75. The molecule has 0 radical (unpaired) electrons. The van der Waals surface area contributed by atoms with E-state index in [-0.39, 0.29) is 29.5 Å². The van der Waals surface area contributed by atoms with Crippen LogP contribution in [0.1, 0.15) is 33.6 Å². The van der Waals surface area contributed by atoms with Crippen LogP contribution >= 0.6 is 11.6 Å². The highest BCUT2D eigenvalue weighted by Crippen LogP contribution is 2.19. The Hall–Kier alpha value is -1.14. The summed E-state index contributed by atoms with van der Waals surface area (Å²) in [6.45, 7) is 6.62. The number of rotatable bonds is 4. The van der Waals surface area contributed by atoms with E-state index in [2.05, 4.69) is 27.2 Å². The lowest BCUT2D eigenvalue weighted by molar-refractivity contribution is 0.0231. The highest BCUT2D eigenvalue weighted by atomic mass is 35.5. The van der Waals surface area contributed by atoms with E-state index in [0.29, 0.717) is 5.95 Å². The zero-order valence-electron chi connectivity index (χ0n) is 11.4. The molecule has 1 aliphatic rings. The lowest BCUT2D eigenvalue weighted by Gasteiger charge is -2.27. The summed E-state index contributed by atoms with van der Waals surface area (Å²) in [6, 6.07) is 0.534. The first-order chi connectivity index (χ1) is 9.02. The van der Waals surface area contributed by atoms with Gasteiger partial charge in [0.1, 0.15) is 0 Å². The molecule has 0 amide bonds. The van der Waals surface area contributed by atoms with Gasteiger partial charge in [0.2, 0.25) is 11.2 Å². The molecular weight excluding hydrogens is 268 g/mol. The van der Waals surface area contributed by atoms with Gasteiger partial charge in [-0.2, -0.15) is 15.0 Å². The standard InChI is InChI=1S/C12H19ClN4O2/c1-7(2)19-12-16-10(13)15-11(17-12)14-9-4-5-18-8(3)6-9/h7-9H,4-6H2,1-3H3,(H,14,15,16,17). The lowest BCUT2D eigenvalue weighted by atomic mass is 10.0. The average Bonchev–Trinajstić information content (AvgIpc) is 2.26. The average molecular weight is 287 g/mol. The number of ether oxygens (including phenoxy) is 2. The van der Waals surface area contributed by atoms with Crippen LogP contribution in [-0.2, 0) is 4.74 Å². The van der Waals surface area contributed by atoms with Crippen molar-refractivity contribution in [1.29, 1.82) is 0 Å². The van der Waals surface area contributed by atoms with Gasteiger partial charge in [-0.15, -0.1) is 0 Å². The van der Waals surface area contributed by atoms with Crippen LogP contribution in [0.15, 0.2) is 0 Å². The molecule has 2 unspecified atom stereocenters. The van der Waals surface area contributed by atoms with Crippen LogP contribution in [0.5, 0.6) is 6.01 Å². The Kier molecular flexibility index (Phi) is 4.76. The molecule has 1 aliphatic heterocycles. The molecule has 1 aromatic rings. The molecule has 0 bridgehead atoms. The molecule has 106 valence electrons. The van der Waals surface area contributed by atoms with Crippen LogP contribution in [0.25, 0.3) is 0 Å². The van der Waals surface area contributed by atoms with Gasteiger partial charge in [-0.1, -0.05) is 0 Å². The minimum Gasteiger partial charge on any atom is -0.461 e. The fraction of sp³-hybridized carbons (Fsp3) is 0.750. The Morgan fingerprint density at radius 2 is 2.16 bits per heavy atom. The first kappa shape index (κ1) is 14.3. The quantitative estimate of drug-likeness (QED) is 0.916. The summed E-state index contributed by atoms with van der Waals surface area (Å²) < 4.78 is 10.9. The molecule has 2 rings (SSSR count). The Bertz CT molecular complexity index is 430. The Balaban J connectivity index is 2.04. The summed E-state index contributed by atoms with van der Waals surface area (Å²) in [5.41, 5.74) is 0. The molecule has 0 aliphatic carbocycles. The van der Waals surface area contributed by atoms with Crippen molar-refractivity contribution >= 4 is 17.5 Å². The number of hydrogen-bond donors (Lipinski definition) is 1. The third kappa shape index (κ3) is 4.47. The molecule has 7 heteroatoms. The number of aromatic nitrogens is 3. The van der Waals surface area contributed by atoms with Crippen LogP contribution in [0.2, 0.25) is 5.28 Å². The van der Waals surface area contributed by atoms with Crippen LogP contribution < -0.4 is 10.1 Å². The molecule has 1 saturated heterocycles. The maximum Gasteiger partial charge on any atom is 0.322 e. The zero-order chi connectivity index (χ0) is 13.8. The van der Waals surface area contributed by atoms with Crippen LogP contribution in [0.4, 0.5) is 5.95 Å². The largest absolute Gasteiger partial charge is 0.461 e. The van der Waals surface area contributed by atoms with Crippen molar-refractivity contribution in [1.82, 2.24) is 15.0 Å². The molecular formula is C12H19ClN4O2. The Labute approximate surface area is 117 Å². The van der Waals surface area contributed by atoms with Crippen molar-refractivity contribution in [3.8, 4) is 6.01 Å². The molecule has 19 heavy (non-hydrogen) atoms. The van der Waals surface area contributed by atoms with Crippen molar-refractivity contribution in [2.24, 2.45) is 0 Å². The predicted octanol–water partition coefficient (Wildman–Crippen LogP) is 2.29. The van der Waals surface area contributed by atoms with Gasteiger partial charge >= 0.3 is 6.01 Å². The summed E-state index contributed by atoms with van der Waals surface area (Å²) >= 11 is 5.87. The van der Waals surface area contributed by atoms with Gasteiger partial charge in [0.25, 0.3) is 0 Å². The second-order valence-electron chi connectivity index (χ2n) is 4.92. The number of nitrogens with zero attached hydrogens (tertiary/aromatic N) is 3. The fourth-order valence-corrected chi connectivity index (χ4v) is 2.12. The van der Waals surface area contributed by atoms with Gasteiger partial charge in [-0.3, -0.25) is 0 Å². The second kappa shape index (κ2) is 6.34. The van der Waals surface area contributed by atoms with E-state index in [1.165, 1.54) is 0 Å². The maximum atomic E-state index is 5.87. The molecule has 1 fully saturated rings. The summed E-state index contributed by atoms with van der Waals surface area (Å²) in [4.78, 5) is 12.2. The van der Waals surface area contributed by atoms with Gasteiger partial charge in [-0.25, -0.2) is 0 Å². The topological polar surface area (TPSA) is 69.2 Å². The summed E-state index contributed by atoms with van der Waals surface area (Å²) in [5.74, 6) is 0.453. The fourth-order valence-electron chi connectivity index (χ4n) is 1.97. The number of nitrogens with one attached hydrogen (secondary N) is 1. The van der Waals surface area contributed by atoms with Crippen molar-refractivity contribution in [2.45, 2.75) is 51.9 Å². The maximum absolute atomic E-state index is 5.87. The highest BCUT2D eigenvalue weighted by Gasteiger charge is 2.20. The van der Waals surface area contributed by atoms with E-state index in [9.17, 15) is 0 Å². The van der Waals surface area contributed by atoms with Gasteiger partial charge < -0.3 is 14.8 Å². The minimum atomic E-state index is -0.00517. The summed E-state index contributed by atoms with van der Waals surface area (Å²) in [7, 11) is 0. The zero-order valence-corrected chi connectivity index (χ0v) is 12.1. The van der Waals surface area contributed by atoms with E-state index in [1.54, 1.807) is 0 Å². The van der Waals surface area contributed by atoms with E-state index in [0.717, 1.165) is 19.4 Å². The van der Waals surface area contributed by atoms with Crippen molar-refractivity contribution < 1.29 is 9.47 Å². The molecule has 6 nitrogen and oxygen atoms in total. The first-order valence-electron chi connectivity index (χ1n) is 6.49. The molecule has 1 aromatic heterocycles. The van der Waals surface area contributed by atoms with Crippen molar-refractivity contribution in [2.75, 3.05) is 11.9 Å². The van der Waals surface area contributed by atoms with Gasteiger partial charge in [0.05, 0.1) is 12.2 Å². The Morgan fingerprint density at radius 3 is 2.84 bits per heavy atom. The monoisotopic (exact) mass is 286 g/mol. The second-order valence-corrected chi connectivity index (χ2v) is 5.26. The van der Waals surface area contributed by atoms with Gasteiger partial charge in [0.15, 0.2) is 0 Å². The molecule has 0 aromatic carbocycles. The highest BCUT2D eigenvalue weighted by molar-refractivity contribution is 6.28. The van der Waals surface area contributed by atoms with Crippen LogP contribution in [0, 0.1) is 0 Å². The van der Waals surface area contributed by atoms with E-state index < -0.39 is 0 Å². The SMILES string of the molecule is CC(C)Oc1nc(Cl)nc(NC2CCOC(C)C2)n1. The number of anilines is 1. The van der Waals surface area contributed by atoms with Crippen molar-refractivity contribution in [3.63, 3.8) is 0 Å². The summed E-state index contributed by atoms with van der Waals surface area (Å²) in [5, 5.41) is 3.39. The molecule has 1 N–H and O–H groups in total. The minimum absolute atomic E-state index is 0.00517. The van der Waals surface area contributed by atoms with Gasteiger partial charge in [-0.05, 0) is 45.2 Å². The van der Waals surface area contributed by atoms with E-state index in [1.807, 2.05) is 13.8 Å². The van der Waals surface area contributed by atoms with Gasteiger partial charge in [0, 0.05) is 12.6 Å². The first-order valence-corrected chi connectivity index (χ1v) is 6.87. The van der Waals surface area contributed by atoms with Crippen molar-refractivity contribution in [3.05, 3.63) is 5.28 Å². The summed E-state index contributed by atoms with van der Waals surface area (Å²) in [6.07, 6.45) is 2.09.